The van der Waals surface area contributed by atoms with E-state index in [-0.39, 0.29) is 18.4 Å². The molecule has 0 fully saturated rings. The highest BCUT2D eigenvalue weighted by Crippen LogP contribution is 2.41. The van der Waals surface area contributed by atoms with Crippen LogP contribution in [0.2, 0.25) is 0 Å². The molecule has 0 aliphatic carbocycles. The van der Waals surface area contributed by atoms with Gasteiger partial charge in [-0.25, -0.2) is 9.59 Å². The van der Waals surface area contributed by atoms with Crippen molar-refractivity contribution in [2.75, 3.05) is 24.3 Å². The van der Waals surface area contributed by atoms with E-state index in [1.807, 2.05) is 82.3 Å². The van der Waals surface area contributed by atoms with Crippen LogP contribution in [0.15, 0.2) is 59.5 Å². The minimum atomic E-state index is -0.662. The van der Waals surface area contributed by atoms with Gasteiger partial charge in [-0.2, -0.15) is 0 Å². The van der Waals surface area contributed by atoms with Gasteiger partial charge in [-0.3, -0.25) is 9.59 Å². The summed E-state index contributed by atoms with van der Waals surface area (Å²) in [5.74, 6) is -0.904. The van der Waals surface area contributed by atoms with Crippen molar-refractivity contribution >= 4 is 57.7 Å². The van der Waals surface area contributed by atoms with Crippen molar-refractivity contribution in [1.82, 2.24) is 4.90 Å². The minimum Gasteiger partial charge on any atom is -0.465 e. The summed E-state index contributed by atoms with van der Waals surface area (Å²) in [5.41, 5.74) is 1.90. The fourth-order valence-corrected chi connectivity index (χ4v) is 7.05. The highest BCUT2D eigenvalue weighted by atomic mass is 32.2. The third kappa shape index (κ3) is 8.63. The number of unbranched alkanes of at least 4 members (excludes halogenated alkanes) is 1. The maximum atomic E-state index is 14.0. The van der Waals surface area contributed by atoms with Gasteiger partial charge in [0.2, 0.25) is 11.8 Å². The van der Waals surface area contributed by atoms with Crippen molar-refractivity contribution in [1.29, 1.82) is 0 Å². The van der Waals surface area contributed by atoms with Crippen LogP contribution in [-0.2, 0) is 32.0 Å². The lowest BCUT2D eigenvalue weighted by atomic mass is 10.0. The first-order chi connectivity index (χ1) is 21.0. The Labute approximate surface area is 266 Å². The third-order valence-corrected chi connectivity index (χ3v) is 9.18. The molecule has 0 radical (unpaired) electrons. The van der Waals surface area contributed by atoms with E-state index in [1.54, 1.807) is 4.90 Å². The van der Waals surface area contributed by atoms with Gasteiger partial charge in [0.05, 0.1) is 19.2 Å². The number of fused-ring (bicyclic) bond motifs is 1. The molecule has 0 bridgehead atoms. The summed E-state index contributed by atoms with van der Waals surface area (Å²) in [6.07, 6.45) is 2.20. The van der Waals surface area contributed by atoms with E-state index in [0.29, 0.717) is 35.6 Å². The molecule has 1 aliphatic heterocycles. The highest BCUT2D eigenvalue weighted by Gasteiger charge is 2.33. The predicted octanol–water partition coefficient (Wildman–Crippen LogP) is 7.43. The Morgan fingerprint density at radius 3 is 2.48 bits per heavy atom. The molecular weight excluding hydrogens is 599 g/mol. The number of nitrogens with one attached hydrogen (secondary N) is 2. The smallest absolute Gasteiger partial charge is 0.410 e. The number of nitrogens with zero attached hydrogens (tertiary/aromatic N) is 1. The summed E-state index contributed by atoms with van der Waals surface area (Å²) in [6, 6.07) is 16.8. The molecule has 2 aromatic carbocycles. The number of thiophene rings is 1. The number of rotatable bonds is 10. The zero-order chi connectivity index (χ0) is 31.9. The number of carbonyl (C=O) groups excluding carboxylic acids is 4. The first-order valence-electron chi connectivity index (χ1n) is 14.6. The maximum absolute atomic E-state index is 14.0. The first kappa shape index (κ1) is 33.1. The molecule has 1 aliphatic rings. The molecule has 44 heavy (non-hydrogen) atoms. The zero-order valence-electron chi connectivity index (χ0n) is 25.7. The Bertz CT molecular complexity index is 1500. The van der Waals surface area contributed by atoms with Crippen molar-refractivity contribution in [3.63, 3.8) is 0 Å². The molecule has 9 nitrogen and oxygen atoms in total. The van der Waals surface area contributed by atoms with Crippen LogP contribution in [0.4, 0.5) is 15.5 Å². The molecule has 1 aromatic heterocycles. The van der Waals surface area contributed by atoms with Crippen LogP contribution < -0.4 is 10.6 Å². The molecule has 3 aromatic rings. The van der Waals surface area contributed by atoms with E-state index in [4.69, 9.17) is 9.47 Å². The first-order valence-corrected chi connectivity index (χ1v) is 16.3. The number of esters is 1. The number of carbonyl (C=O) groups is 4. The van der Waals surface area contributed by atoms with Crippen LogP contribution >= 0.6 is 23.1 Å². The predicted molar refractivity (Wildman–Crippen MR) is 174 cm³/mol. The van der Waals surface area contributed by atoms with Gasteiger partial charge in [-0.1, -0.05) is 49.7 Å². The second kappa shape index (κ2) is 14.8. The third-order valence-electron chi connectivity index (χ3n) is 6.80. The lowest BCUT2D eigenvalue weighted by Crippen LogP contribution is -2.39. The van der Waals surface area contributed by atoms with E-state index < -0.39 is 22.9 Å². The van der Waals surface area contributed by atoms with Gasteiger partial charge >= 0.3 is 12.1 Å². The monoisotopic (exact) mass is 637 g/mol. The number of benzene rings is 2. The van der Waals surface area contributed by atoms with Crippen molar-refractivity contribution in [3.8, 4) is 0 Å². The molecular formula is C33H39N3O6S2. The van der Waals surface area contributed by atoms with Crippen LogP contribution in [-0.4, -0.2) is 48.0 Å². The van der Waals surface area contributed by atoms with Crippen molar-refractivity contribution < 1.29 is 28.7 Å². The molecule has 0 spiro atoms. The summed E-state index contributed by atoms with van der Waals surface area (Å²) >= 11 is 2.62. The van der Waals surface area contributed by atoms with Gasteiger partial charge in [0, 0.05) is 28.4 Å². The van der Waals surface area contributed by atoms with E-state index in [0.717, 1.165) is 33.7 Å². The summed E-state index contributed by atoms with van der Waals surface area (Å²) in [7, 11) is 1.31. The molecule has 3 amide bonds. The number of amides is 3. The zero-order valence-corrected chi connectivity index (χ0v) is 27.4. The number of ether oxygens (including phenoxy) is 2. The molecule has 1 atom stereocenters. The number of hydrogen-bond acceptors (Lipinski definition) is 8. The fourth-order valence-electron chi connectivity index (χ4n) is 4.71. The highest BCUT2D eigenvalue weighted by molar-refractivity contribution is 8.00. The van der Waals surface area contributed by atoms with Crippen LogP contribution in [0.3, 0.4) is 0 Å². The van der Waals surface area contributed by atoms with Gasteiger partial charge < -0.3 is 25.0 Å². The quantitative estimate of drug-likeness (QED) is 0.176. The van der Waals surface area contributed by atoms with Gasteiger partial charge in [0.25, 0.3) is 0 Å². The minimum absolute atomic E-state index is 0.0476. The second-order valence-electron chi connectivity index (χ2n) is 11.4. The Morgan fingerprint density at radius 1 is 1.05 bits per heavy atom. The SMILES string of the molecule is CCCCC(=O)Nc1cccc(SC(C(=O)Nc2sc3c(c2C(=O)OC)CCN(C(=O)OC(C)(C)C)C3)c2ccccc2)c1. The Kier molecular flexibility index (Phi) is 11.1. The van der Waals surface area contributed by atoms with Crippen molar-refractivity contribution in [2.24, 2.45) is 0 Å². The van der Waals surface area contributed by atoms with Gasteiger partial charge in [0.1, 0.15) is 15.9 Å². The van der Waals surface area contributed by atoms with Crippen LogP contribution in [0.1, 0.15) is 78.6 Å². The number of anilines is 2. The van der Waals surface area contributed by atoms with Crippen LogP contribution in [0, 0.1) is 0 Å². The second-order valence-corrected chi connectivity index (χ2v) is 13.7. The molecule has 234 valence electrons. The topological polar surface area (TPSA) is 114 Å². The number of thioether (sulfide) groups is 1. The van der Waals surface area contributed by atoms with E-state index in [2.05, 4.69) is 10.6 Å². The van der Waals surface area contributed by atoms with Crippen LogP contribution in [0.25, 0.3) is 0 Å². The summed E-state index contributed by atoms with van der Waals surface area (Å²) in [4.78, 5) is 55.2. The molecule has 4 rings (SSSR count). The Hall–Kier alpha value is -3.83. The maximum Gasteiger partial charge on any atom is 0.410 e. The van der Waals surface area contributed by atoms with E-state index in [1.165, 1.54) is 30.2 Å². The normalized spacial score (nSPS) is 13.4. The molecule has 11 heteroatoms. The van der Waals surface area contributed by atoms with Crippen LogP contribution in [0.5, 0.6) is 0 Å². The van der Waals surface area contributed by atoms with E-state index in [9.17, 15) is 19.2 Å². The summed E-state index contributed by atoms with van der Waals surface area (Å²) < 4.78 is 10.7. The molecule has 0 saturated heterocycles. The lowest BCUT2D eigenvalue weighted by molar-refractivity contribution is -0.116. The van der Waals surface area contributed by atoms with Gasteiger partial charge in [-0.05, 0) is 62.9 Å². The molecule has 0 saturated carbocycles. The average molecular weight is 638 g/mol. The fraction of sp³-hybridized carbons (Fsp3) is 0.394. The van der Waals surface area contributed by atoms with Crippen molar-refractivity contribution in [2.45, 2.75) is 75.7 Å². The molecule has 2 N–H and O–H groups in total. The number of methoxy groups -OCH3 is 1. The summed E-state index contributed by atoms with van der Waals surface area (Å²) in [6.45, 7) is 8.13. The standard InChI is InChI=1S/C33H39N3O6S2/c1-6-7-16-26(37)34-22-14-11-15-23(19-22)43-28(21-12-9-8-10-13-21)29(38)35-30-27(31(39)41-5)24-17-18-36(20-25(24)44-30)32(40)42-33(2,3)4/h8-15,19,28H,6-7,16-18,20H2,1-5H3,(H,34,37)(H,35,38). The largest absolute Gasteiger partial charge is 0.465 e. The molecule has 2 heterocycles. The average Bonchev–Trinajstić information content (AvgIpc) is 3.35. The lowest BCUT2D eigenvalue weighted by Gasteiger charge is -2.30. The Morgan fingerprint density at radius 2 is 1.80 bits per heavy atom. The molecule has 1 unspecified atom stereocenters. The van der Waals surface area contributed by atoms with Crippen molar-refractivity contribution in [3.05, 3.63) is 76.2 Å². The van der Waals surface area contributed by atoms with E-state index >= 15 is 0 Å². The Balaban J connectivity index is 1.59. The van der Waals surface area contributed by atoms with Gasteiger partial charge in [0.15, 0.2) is 0 Å². The summed E-state index contributed by atoms with van der Waals surface area (Å²) in [5, 5.41) is 5.67. The number of hydrogen-bond donors (Lipinski definition) is 2. The van der Waals surface area contributed by atoms with Gasteiger partial charge in [-0.15, -0.1) is 23.1 Å².